The average Bonchev–Trinajstić information content (AvgIpc) is 2.29. The molecule has 6 heteroatoms. The fraction of sp³-hybridized carbons (Fsp3) is 1.00. The molecular weight excluding hydrogens is 226 g/mol. The molecule has 0 amide bonds. The summed E-state index contributed by atoms with van der Waals surface area (Å²) in [7, 11) is 4.89. The van der Waals surface area contributed by atoms with E-state index in [9.17, 15) is 0 Å². The summed E-state index contributed by atoms with van der Waals surface area (Å²) < 4.78 is 21.0. The van der Waals surface area contributed by atoms with Gasteiger partial charge in [-0.25, -0.2) is 0 Å². The molecule has 0 spiro atoms. The van der Waals surface area contributed by atoms with Crippen LogP contribution in [0.4, 0.5) is 0 Å². The van der Waals surface area contributed by atoms with Crippen LogP contribution in [0.25, 0.3) is 0 Å². The molecule has 0 aromatic rings. The lowest BCUT2D eigenvalue weighted by molar-refractivity contribution is -0.0134. The summed E-state index contributed by atoms with van der Waals surface area (Å²) in [6, 6.07) is 0.976. The van der Waals surface area contributed by atoms with Crippen molar-refractivity contribution in [1.29, 1.82) is 0 Å². The molecule has 98 valence electrons. The van der Waals surface area contributed by atoms with Crippen molar-refractivity contribution in [3.63, 3.8) is 0 Å². The molecule has 0 aromatic carbocycles. The van der Waals surface area contributed by atoms with Gasteiger partial charge in [-0.1, -0.05) is 0 Å². The van der Waals surface area contributed by atoms with E-state index in [1.807, 2.05) is 0 Å². The predicted molar refractivity (Wildman–Crippen MR) is 65.5 cm³/mol. The summed E-state index contributed by atoms with van der Waals surface area (Å²) in [5.41, 5.74) is 0. The van der Waals surface area contributed by atoms with Gasteiger partial charge in [0.2, 0.25) is 0 Å². The summed E-state index contributed by atoms with van der Waals surface area (Å²) in [5, 5.41) is 0. The van der Waals surface area contributed by atoms with Crippen molar-refractivity contribution in [2.45, 2.75) is 19.0 Å². The quantitative estimate of drug-likeness (QED) is 0.432. The zero-order chi connectivity index (χ0) is 12.4. The Morgan fingerprint density at radius 1 is 0.938 bits per heavy atom. The number of ether oxygens (including phenoxy) is 2. The summed E-state index contributed by atoms with van der Waals surface area (Å²) in [6.07, 6.45) is 1.02. The lowest BCUT2D eigenvalue weighted by Gasteiger charge is -2.25. The highest BCUT2D eigenvalue weighted by Crippen LogP contribution is 2.13. The van der Waals surface area contributed by atoms with E-state index in [0.717, 1.165) is 19.0 Å². The first-order chi connectivity index (χ1) is 7.61. The van der Waals surface area contributed by atoms with Crippen molar-refractivity contribution >= 4 is 8.56 Å². The second-order valence-corrected chi connectivity index (χ2v) is 7.46. The van der Waals surface area contributed by atoms with Crippen LogP contribution in [0.5, 0.6) is 0 Å². The van der Waals surface area contributed by atoms with Crippen LogP contribution in [0.1, 0.15) is 6.42 Å². The van der Waals surface area contributed by atoms with Gasteiger partial charge in [0.15, 0.2) is 0 Å². The van der Waals surface area contributed by atoms with Crippen molar-refractivity contribution in [1.82, 2.24) is 4.90 Å². The summed E-state index contributed by atoms with van der Waals surface area (Å²) in [6.45, 7) is 4.18. The van der Waals surface area contributed by atoms with Crippen molar-refractivity contribution < 1.29 is 18.3 Å². The van der Waals surface area contributed by atoms with Gasteiger partial charge in [-0.2, -0.15) is 0 Å². The van der Waals surface area contributed by atoms with Gasteiger partial charge in [-0.3, -0.25) is 4.90 Å². The maximum Gasteiger partial charge on any atom is 0.334 e. The first kappa shape index (κ1) is 16.0. The van der Waals surface area contributed by atoms with Crippen LogP contribution in [0.2, 0.25) is 12.6 Å². The number of rotatable bonds is 10. The maximum absolute atomic E-state index is 5.42. The molecule has 0 unspecified atom stereocenters. The number of hydrogen-bond donors (Lipinski definition) is 0. The minimum Gasteiger partial charge on any atom is -0.398 e. The minimum atomic E-state index is -1.92. The highest BCUT2D eigenvalue weighted by Gasteiger charge is 2.27. The molecule has 0 rings (SSSR count). The lowest BCUT2D eigenvalue weighted by atomic mass is 10.4. The normalized spacial score (nSPS) is 12.4. The predicted octanol–water partition coefficient (Wildman–Crippen LogP) is 1.25. The molecule has 0 radical (unpaired) electrons. The van der Waals surface area contributed by atoms with Gasteiger partial charge in [-0.15, -0.1) is 0 Å². The molecule has 0 N–H and O–H groups in total. The SMILES string of the molecule is COCN(CCC[Si](C)(OC)OC)COC. The van der Waals surface area contributed by atoms with Crippen LogP contribution in [-0.4, -0.2) is 61.9 Å². The van der Waals surface area contributed by atoms with E-state index in [-0.39, 0.29) is 0 Å². The van der Waals surface area contributed by atoms with E-state index in [4.69, 9.17) is 18.3 Å². The summed E-state index contributed by atoms with van der Waals surface area (Å²) >= 11 is 0. The molecule has 0 aliphatic carbocycles. The Morgan fingerprint density at radius 3 is 1.81 bits per heavy atom. The smallest absolute Gasteiger partial charge is 0.334 e. The van der Waals surface area contributed by atoms with Crippen LogP contribution in [-0.2, 0) is 18.3 Å². The number of methoxy groups -OCH3 is 2. The zero-order valence-corrected chi connectivity index (χ0v) is 12.1. The highest BCUT2D eigenvalue weighted by molar-refractivity contribution is 6.65. The van der Waals surface area contributed by atoms with Crippen LogP contribution in [0.15, 0.2) is 0 Å². The Kier molecular flexibility index (Phi) is 9.10. The largest absolute Gasteiger partial charge is 0.398 e. The van der Waals surface area contributed by atoms with E-state index >= 15 is 0 Å². The molecule has 0 aliphatic heterocycles. The molecule has 0 bridgehead atoms. The van der Waals surface area contributed by atoms with Gasteiger partial charge in [-0.05, 0) is 19.0 Å². The van der Waals surface area contributed by atoms with Gasteiger partial charge in [0.05, 0.1) is 0 Å². The van der Waals surface area contributed by atoms with Crippen molar-refractivity contribution in [2.75, 3.05) is 48.4 Å². The lowest BCUT2D eigenvalue weighted by Crippen LogP contribution is -2.37. The molecule has 0 aromatic heterocycles. The molecule has 16 heavy (non-hydrogen) atoms. The molecule has 0 aliphatic rings. The molecule has 0 atom stereocenters. The van der Waals surface area contributed by atoms with Gasteiger partial charge in [0, 0.05) is 35.0 Å². The fourth-order valence-corrected chi connectivity index (χ4v) is 2.82. The molecule has 0 fully saturated rings. The Balaban J connectivity index is 3.83. The topological polar surface area (TPSA) is 40.2 Å². The molecular formula is C10H25NO4Si. The summed E-state index contributed by atoms with van der Waals surface area (Å²) in [4.78, 5) is 2.10. The Hall–Kier alpha value is 0.0169. The molecule has 0 heterocycles. The van der Waals surface area contributed by atoms with E-state index in [1.165, 1.54) is 0 Å². The molecule has 5 nitrogen and oxygen atoms in total. The van der Waals surface area contributed by atoms with E-state index in [1.54, 1.807) is 28.4 Å². The molecule has 0 saturated heterocycles. The number of nitrogens with zero attached hydrogens (tertiary/aromatic N) is 1. The van der Waals surface area contributed by atoms with Crippen LogP contribution < -0.4 is 0 Å². The van der Waals surface area contributed by atoms with Crippen molar-refractivity contribution in [3.05, 3.63) is 0 Å². The third kappa shape index (κ3) is 6.57. The fourth-order valence-electron chi connectivity index (χ4n) is 1.44. The summed E-state index contributed by atoms with van der Waals surface area (Å²) in [5.74, 6) is 0. The van der Waals surface area contributed by atoms with Crippen molar-refractivity contribution in [3.8, 4) is 0 Å². The van der Waals surface area contributed by atoms with Gasteiger partial charge >= 0.3 is 8.56 Å². The minimum absolute atomic E-state index is 0.589. The molecule has 0 saturated carbocycles. The zero-order valence-electron chi connectivity index (χ0n) is 11.1. The Bertz CT molecular complexity index is 161. The third-order valence-electron chi connectivity index (χ3n) is 2.59. The standard InChI is InChI=1S/C10H25NO4Si/c1-12-9-11(10-13-2)7-6-8-16(5,14-3)15-4/h6-10H2,1-5H3. The second kappa shape index (κ2) is 9.09. The van der Waals surface area contributed by atoms with E-state index < -0.39 is 8.56 Å². The Morgan fingerprint density at radius 2 is 1.44 bits per heavy atom. The number of hydrogen-bond acceptors (Lipinski definition) is 5. The Labute approximate surface area is 99.9 Å². The monoisotopic (exact) mass is 251 g/mol. The van der Waals surface area contributed by atoms with Crippen LogP contribution in [0.3, 0.4) is 0 Å². The van der Waals surface area contributed by atoms with Gasteiger partial charge < -0.3 is 18.3 Å². The average molecular weight is 251 g/mol. The second-order valence-electron chi connectivity index (χ2n) is 3.88. The van der Waals surface area contributed by atoms with Crippen LogP contribution >= 0.6 is 0 Å². The first-order valence-electron chi connectivity index (χ1n) is 5.42. The highest BCUT2D eigenvalue weighted by atomic mass is 28.4. The maximum atomic E-state index is 5.42. The van der Waals surface area contributed by atoms with Crippen LogP contribution in [0, 0.1) is 0 Å². The third-order valence-corrected chi connectivity index (χ3v) is 5.58. The van der Waals surface area contributed by atoms with E-state index in [2.05, 4.69) is 11.4 Å². The van der Waals surface area contributed by atoms with E-state index in [0.29, 0.717) is 13.5 Å². The van der Waals surface area contributed by atoms with Gasteiger partial charge in [0.1, 0.15) is 13.5 Å². The first-order valence-corrected chi connectivity index (χ1v) is 7.94. The van der Waals surface area contributed by atoms with Crippen molar-refractivity contribution in [2.24, 2.45) is 0 Å². The van der Waals surface area contributed by atoms with Gasteiger partial charge in [0.25, 0.3) is 0 Å².